The Hall–Kier alpha value is -1.92. The third-order valence-corrected chi connectivity index (χ3v) is 5.50. The van der Waals surface area contributed by atoms with E-state index >= 15 is 0 Å². The van der Waals surface area contributed by atoms with Crippen molar-refractivity contribution in [3.8, 4) is 0 Å². The Morgan fingerprint density at radius 1 is 1.12 bits per heavy atom. The molecule has 3 aliphatic rings. The van der Waals surface area contributed by atoms with Gasteiger partial charge in [0.25, 0.3) is 0 Å². The summed E-state index contributed by atoms with van der Waals surface area (Å²) in [4.78, 5) is 26.9. The zero-order valence-electron chi connectivity index (χ0n) is 14.5. The predicted octanol–water partition coefficient (Wildman–Crippen LogP) is 1.94. The Bertz CT molecular complexity index is 674. The highest BCUT2D eigenvalue weighted by atomic mass is 16.7. The van der Waals surface area contributed by atoms with Crippen LogP contribution < -0.4 is 5.32 Å². The van der Waals surface area contributed by atoms with Crippen LogP contribution in [0.5, 0.6) is 0 Å². The number of anilines is 1. The van der Waals surface area contributed by atoms with E-state index in [1.165, 1.54) is 0 Å². The minimum absolute atomic E-state index is 0.0522. The van der Waals surface area contributed by atoms with Crippen LogP contribution in [-0.2, 0) is 19.1 Å². The normalized spacial score (nSPS) is 27.3. The van der Waals surface area contributed by atoms with Crippen molar-refractivity contribution in [2.75, 3.05) is 31.6 Å². The minimum atomic E-state index is -0.470. The molecule has 1 N–H and O–H groups in total. The molecular weight excluding hydrogens is 320 g/mol. The van der Waals surface area contributed by atoms with Crippen molar-refractivity contribution in [3.63, 3.8) is 0 Å². The van der Waals surface area contributed by atoms with Gasteiger partial charge in [-0.25, -0.2) is 0 Å². The monoisotopic (exact) mass is 344 g/mol. The Morgan fingerprint density at radius 2 is 1.80 bits per heavy atom. The highest BCUT2D eigenvalue weighted by Gasteiger charge is 2.51. The molecule has 1 aliphatic carbocycles. The third kappa shape index (κ3) is 3.28. The molecule has 2 aliphatic heterocycles. The Morgan fingerprint density at radius 3 is 2.48 bits per heavy atom. The van der Waals surface area contributed by atoms with Crippen LogP contribution in [0.4, 0.5) is 5.69 Å². The smallest absolute Gasteiger partial charge is 0.228 e. The lowest BCUT2D eigenvalue weighted by Crippen LogP contribution is -2.48. The van der Waals surface area contributed by atoms with E-state index in [0.717, 1.165) is 11.3 Å². The topological polar surface area (TPSA) is 67.9 Å². The first-order valence-electron chi connectivity index (χ1n) is 9.01. The molecule has 3 fully saturated rings. The molecule has 2 unspecified atom stereocenters. The van der Waals surface area contributed by atoms with Crippen molar-refractivity contribution in [2.24, 2.45) is 11.8 Å². The fourth-order valence-corrected chi connectivity index (χ4v) is 3.78. The van der Waals surface area contributed by atoms with Crippen molar-refractivity contribution in [2.45, 2.75) is 32.0 Å². The summed E-state index contributed by atoms with van der Waals surface area (Å²) < 4.78 is 11.4. The number of nitrogens with one attached hydrogen (secondary N) is 1. The maximum atomic E-state index is 12.7. The lowest BCUT2D eigenvalue weighted by atomic mass is 10.0. The highest BCUT2D eigenvalue weighted by molar-refractivity contribution is 5.99. The number of nitrogens with zero attached hydrogens (tertiary/aromatic N) is 1. The van der Waals surface area contributed by atoms with Gasteiger partial charge >= 0.3 is 0 Å². The van der Waals surface area contributed by atoms with E-state index in [1.807, 2.05) is 36.1 Å². The average molecular weight is 344 g/mol. The van der Waals surface area contributed by atoms with Crippen LogP contribution in [0.25, 0.3) is 0 Å². The third-order valence-electron chi connectivity index (χ3n) is 5.50. The van der Waals surface area contributed by atoms with Gasteiger partial charge in [-0.15, -0.1) is 0 Å². The van der Waals surface area contributed by atoms with Crippen LogP contribution in [-0.4, -0.2) is 48.8 Å². The molecule has 6 nitrogen and oxygen atoms in total. The van der Waals surface area contributed by atoms with Crippen molar-refractivity contribution < 1.29 is 19.1 Å². The summed E-state index contributed by atoms with van der Waals surface area (Å²) in [6.45, 7) is 4.51. The largest absolute Gasteiger partial charge is 0.347 e. The Labute approximate surface area is 147 Å². The first-order valence-corrected chi connectivity index (χ1v) is 9.01. The van der Waals surface area contributed by atoms with Crippen molar-refractivity contribution in [1.82, 2.24) is 4.90 Å². The summed E-state index contributed by atoms with van der Waals surface area (Å²) in [6, 6.07) is 7.68. The van der Waals surface area contributed by atoms with E-state index in [0.29, 0.717) is 45.6 Å². The molecule has 0 aromatic heterocycles. The maximum Gasteiger partial charge on any atom is 0.228 e. The van der Waals surface area contributed by atoms with Gasteiger partial charge in [0.2, 0.25) is 11.8 Å². The van der Waals surface area contributed by atoms with E-state index in [9.17, 15) is 9.59 Å². The highest BCUT2D eigenvalue weighted by Crippen LogP contribution is 2.42. The summed E-state index contributed by atoms with van der Waals surface area (Å²) in [7, 11) is 0. The molecular formula is C19H24N2O4. The zero-order chi connectivity index (χ0) is 17.4. The first kappa shape index (κ1) is 16.5. The second-order valence-electron chi connectivity index (χ2n) is 7.19. The molecule has 4 rings (SSSR count). The summed E-state index contributed by atoms with van der Waals surface area (Å²) in [5, 5.41) is 2.95. The van der Waals surface area contributed by atoms with Crippen LogP contribution in [0.1, 0.15) is 24.8 Å². The van der Waals surface area contributed by atoms with Crippen LogP contribution in [0.2, 0.25) is 0 Å². The van der Waals surface area contributed by atoms with Crippen LogP contribution >= 0.6 is 0 Å². The van der Waals surface area contributed by atoms with Crippen molar-refractivity contribution in [1.29, 1.82) is 0 Å². The number of para-hydroxylation sites is 1. The van der Waals surface area contributed by atoms with Gasteiger partial charge in [0.1, 0.15) is 0 Å². The number of hydrogen-bond donors (Lipinski definition) is 1. The molecule has 2 atom stereocenters. The van der Waals surface area contributed by atoms with Gasteiger partial charge in [-0.05, 0) is 25.0 Å². The molecule has 0 bridgehead atoms. The molecule has 1 saturated carbocycles. The standard InChI is InChI=1S/C19H24N2O4/c1-13-4-2-3-5-16(13)20-17(22)14-12-15(14)18(23)21-8-6-19(7-9-21)24-10-11-25-19/h2-5,14-15H,6-12H2,1H3,(H,20,22). The fraction of sp³-hybridized carbons (Fsp3) is 0.579. The summed E-state index contributed by atoms with van der Waals surface area (Å²) in [5.74, 6) is -0.811. The Kier molecular flexibility index (Phi) is 4.25. The van der Waals surface area contributed by atoms with Gasteiger partial charge in [0, 0.05) is 31.6 Å². The van der Waals surface area contributed by atoms with Gasteiger partial charge in [-0.3, -0.25) is 9.59 Å². The molecule has 2 amide bonds. The number of hydrogen-bond acceptors (Lipinski definition) is 4. The van der Waals surface area contributed by atoms with Gasteiger partial charge in [-0.1, -0.05) is 18.2 Å². The molecule has 2 saturated heterocycles. The van der Waals surface area contributed by atoms with E-state index in [1.54, 1.807) is 0 Å². The number of piperidine rings is 1. The number of aryl methyl sites for hydroxylation is 1. The number of benzene rings is 1. The number of carbonyl (C=O) groups is 2. The summed E-state index contributed by atoms with van der Waals surface area (Å²) in [5.41, 5.74) is 1.85. The Balaban J connectivity index is 1.30. The fourth-order valence-electron chi connectivity index (χ4n) is 3.78. The molecule has 6 heteroatoms. The molecule has 0 radical (unpaired) electrons. The van der Waals surface area contributed by atoms with Crippen LogP contribution in [0.3, 0.4) is 0 Å². The lowest BCUT2D eigenvalue weighted by Gasteiger charge is -2.37. The minimum Gasteiger partial charge on any atom is -0.347 e. The molecule has 25 heavy (non-hydrogen) atoms. The predicted molar refractivity (Wildman–Crippen MR) is 91.9 cm³/mol. The molecule has 2 heterocycles. The van der Waals surface area contributed by atoms with Gasteiger partial charge < -0.3 is 19.7 Å². The van der Waals surface area contributed by atoms with E-state index in [-0.39, 0.29) is 23.7 Å². The van der Waals surface area contributed by atoms with E-state index in [4.69, 9.17) is 9.47 Å². The number of amides is 2. The number of rotatable bonds is 3. The number of likely N-dealkylation sites (tertiary alicyclic amines) is 1. The lowest BCUT2D eigenvalue weighted by molar-refractivity contribution is -0.187. The van der Waals surface area contributed by atoms with Gasteiger partial charge in [0.15, 0.2) is 5.79 Å². The molecule has 1 spiro atoms. The van der Waals surface area contributed by atoms with E-state index < -0.39 is 5.79 Å². The maximum absolute atomic E-state index is 12.7. The number of carbonyl (C=O) groups excluding carboxylic acids is 2. The second kappa shape index (κ2) is 6.42. The molecule has 134 valence electrons. The van der Waals surface area contributed by atoms with Crippen molar-refractivity contribution >= 4 is 17.5 Å². The summed E-state index contributed by atoms with van der Waals surface area (Å²) >= 11 is 0. The van der Waals surface area contributed by atoms with Gasteiger partial charge in [0.05, 0.1) is 25.0 Å². The quantitative estimate of drug-likeness (QED) is 0.910. The number of ether oxygens (including phenoxy) is 2. The first-order chi connectivity index (χ1) is 12.1. The summed E-state index contributed by atoms with van der Waals surface area (Å²) in [6.07, 6.45) is 2.07. The van der Waals surface area contributed by atoms with Crippen molar-refractivity contribution in [3.05, 3.63) is 29.8 Å². The van der Waals surface area contributed by atoms with Crippen LogP contribution in [0.15, 0.2) is 24.3 Å². The molecule has 1 aromatic carbocycles. The van der Waals surface area contributed by atoms with E-state index in [2.05, 4.69) is 5.32 Å². The second-order valence-corrected chi connectivity index (χ2v) is 7.19. The SMILES string of the molecule is Cc1ccccc1NC(=O)C1CC1C(=O)N1CCC2(CC1)OCCO2. The zero-order valence-corrected chi connectivity index (χ0v) is 14.5. The average Bonchev–Trinajstić information content (AvgIpc) is 3.31. The van der Waals surface area contributed by atoms with Crippen LogP contribution in [0, 0.1) is 18.8 Å². The van der Waals surface area contributed by atoms with Gasteiger partial charge in [-0.2, -0.15) is 0 Å². The molecule has 1 aromatic rings.